The molecule has 1 fully saturated rings. The van der Waals surface area contributed by atoms with Crippen molar-refractivity contribution in [3.8, 4) is 0 Å². The molecule has 0 saturated carbocycles. The molecule has 0 spiro atoms. The molecule has 1 aromatic rings. The molecule has 1 N–H and O–H groups in total. The minimum Gasteiger partial charge on any atom is -0.414 e. The topological polar surface area (TPSA) is 122 Å². The number of nitrogens with zero attached hydrogens (tertiary/aromatic N) is 4. The van der Waals surface area contributed by atoms with Crippen molar-refractivity contribution in [3.63, 3.8) is 0 Å². The van der Waals surface area contributed by atoms with E-state index in [0.717, 1.165) is 10.6 Å². The molecule has 0 aromatic carbocycles. The fourth-order valence-electron chi connectivity index (χ4n) is 2.65. The second kappa shape index (κ2) is 7.67. The van der Waals surface area contributed by atoms with E-state index < -0.39 is 37.6 Å². The van der Waals surface area contributed by atoms with Crippen molar-refractivity contribution in [2.24, 2.45) is 5.11 Å². The van der Waals surface area contributed by atoms with Gasteiger partial charge < -0.3 is 9.16 Å². The number of rotatable bonds is 6. The maximum absolute atomic E-state index is 14.9. The van der Waals surface area contributed by atoms with E-state index in [0.29, 0.717) is 0 Å². The van der Waals surface area contributed by atoms with Crippen LogP contribution in [0.1, 0.15) is 33.4 Å². The first-order chi connectivity index (χ1) is 12.8. The average molecular weight is 412 g/mol. The van der Waals surface area contributed by atoms with E-state index in [1.54, 1.807) is 0 Å². The third-order valence-corrected chi connectivity index (χ3v) is 9.95. The average Bonchev–Trinajstić information content (AvgIpc) is 2.90. The van der Waals surface area contributed by atoms with E-state index in [1.165, 1.54) is 6.20 Å². The van der Waals surface area contributed by atoms with Gasteiger partial charge in [0.1, 0.15) is 11.8 Å². The first kappa shape index (κ1) is 22.1. The molecular formula is C17H26FN5O4Si. The lowest BCUT2D eigenvalue weighted by atomic mass is 9.97. The summed E-state index contributed by atoms with van der Waals surface area (Å²) >= 11 is 0. The van der Waals surface area contributed by atoms with Crippen LogP contribution >= 0.6 is 0 Å². The molecule has 154 valence electrons. The van der Waals surface area contributed by atoms with Crippen molar-refractivity contribution in [1.29, 1.82) is 0 Å². The normalized spacial score (nSPS) is 25.4. The fourth-order valence-corrected chi connectivity index (χ4v) is 3.68. The molecule has 28 heavy (non-hydrogen) atoms. The molecule has 1 aromatic heterocycles. The Balaban J connectivity index is 2.39. The van der Waals surface area contributed by atoms with Crippen LogP contribution in [0, 0.1) is 0 Å². The van der Waals surface area contributed by atoms with Crippen LogP contribution in [-0.4, -0.2) is 36.2 Å². The number of azide groups is 1. The summed E-state index contributed by atoms with van der Waals surface area (Å²) in [7, 11) is -2.22. The van der Waals surface area contributed by atoms with Gasteiger partial charge >= 0.3 is 5.69 Å². The standard InChI is InChI=1S/C17H26FN5O4Si/c1-11(21-22-19)17(10-26-28(5,6)16(2,3)4)9-12(18)14(27-17)23-8-7-13(24)20-15(23)25/h7-8,12,14H,1,9-10H2,2-6H3,(H,20,24,25)/t12-,14-,17+/m1/s1. The van der Waals surface area contributed by atoms with E-state index >= 15 is 0 Å². The highest BCUT2D eigenvalue weighted by Gasteiger charge is 2.51. The molecule has 2 rings (SSSR count). The highest BCUT2D eigenvalue weighted by molar-refractivity contribution is 6.74. The molecule has 0 radical (unpaired) electrons. The molecule has 3 atom stereocenters. The smallest absolute Gasteiger partial charge is 0.330 e. The Labute approximate surface area is 162 Å². The summed E-state index contributed by atoms with van der Waals surface area (Å²) in [5, 5.41) is 3.43. The molecule has 1 aliphatic heterocycles. The minimum atomic E-state index is -2.22. The van der Waals surface area contributed by atoms with Crippen molar-refractivity contribution >= 4 is 8.32 Å². The second-order valence-electron chi connectivity index (χ2n) is 8.43. The maximum Gasteiger partial charge on any atom is 0.330 e. The van der Waals surface area contributed by atoms with Crippen molar-refractivity contribution in [1.82, 2.24) is 9.55 Å². The molecule has 0 unspecified atom stereocenters. The summed E-state index contributed by atoms with van der Waals surface area (Å²) in [6.45, 7) is 13.9. The van der Waals surface area contributed by atoms with Crippen LogP contribution in [0.15, 0.2) is 39.2 Å². The molecule has 1 saturated heterocycles. The summed E-state index contributed by atoms with van der Waals surface area (Å²) in [5.74, 6) is 0. The first-order valence-electron chi connectivity index (χ1n) is 8.85. The molecule has 2 heterocycles. The number of H-pyrrole nitrogens is 1. The summed E-state index contributed by atoms with van der Waals surface area (Å²) in [5.41, 5.74) is 5.99. The van der Waals surface area contributed by atoms with E-state index in [-0.39, 0.29) is 23.8 Å². The van der Waals surface area contributed by atoms with Gasteiger partial charge in [0.25, 0.3) is 5.56 Å². The molecule has 0 amide bonds. The molecule has 1 aliphatic rings. The van der Waals surface area contributed by atoms with Crippen LogP contribution in [-0.2, 0) is 9.16 Å². The van der Waals surface area contributed by atoms with Gasteiger partial charge in [-0.05, 0) is 23.7 Å². The SMILES string of the molecule is C=C(N=[N+]=[N-])[C@@]1(CO[Si](C)(C)C(C)(C)C)C[C@@H](F)[C@H](n2ccc(=O)[nH]c2=O)O1. The predicted octanol–water partition coefficient (Wildman–Crippen LogP) is 3.38. The number of hydrogen-bond acceptors (Lipinski definition) is 5. The number of hydrogen-bond donors (Lipinski definition) is 1. The zero-order valence-electron chi connectivity index (χ0n) is 16.7. The van der Waals surface area contributed by atoms with E-state index in [1.807, 2.05) is 13.1 Å². The summed E-state index contributed by atoms with van der Waals surface area (Å²) in [6.07, 6.45) is -1.94. The lowest BCUT2D eigenvalue weighted by Crippen LogP contribution is -2.47. The van der Waals surface area contributed by atoms with Crippen LogP contribution < -0.4 is 11.2 Å². The third kappa shape index (κ3) is 4.27. The highest BCUT2D eigenvalue weighted by atomic mass is 28.4. The highest BCUT2D eigenvalue weighted by Crippen LogP contribution is 2.45. The number of alkyl halides is 1. The zero-order chi connectivity index (χ0) is 21.3. The van der Waals surface area contributed by atoms with Crippen LogP contribution in [0.4, 0.5) is 4.39 Å². The van der Waals surface area contributed by atoms with Crippen LogP contribution in [0.3, 0.4) is 0 Å². The van der Waals surface area contributed by atoms with Crippen LogP contribution in [0.2, 0.25) is 18.1 Å². The van der Waals surface area contributed by atoms with Gasteiger partial charge in [0.15, 0.2) is 14.5 Å². The van der Waals surface area contributed by atoms with Gasteiger partial charge in [0.2, 0.25) is 0 Å². The van der Waals surface area contributed by atoms with Gasteiger partial charge in [-0.1, -0.05) is 32.5 Å². The molecular weight excluding hydrogens is 385 g/mol. The number of aromatic amines is 1. The van der Waals surface area contributed by atoms with E-state index in [4.69, 9.17) is 14.7 Å². The Morgan fingerprint density at radius 1 is 1.57 bits per heavy atom. The second-order valence-corrected chi connectivity index (χ2v) is 13.2. The first-order valence-corrected chi connectivity index (χ1v) is 11.8. The van der Waals surface area contributed by atoms with Gasteiger partial charge in [-0.25, -0.2) is 9.18 Å². The van der Waals surface area contributed by atoms with Crippen molar-refractivity contribution in [3.05, 3.63) is 55.8 Å². The van der Waals surface area contributed by atoms with Crippen molar-refractivity contribution in [2.75, 3.05) is 6.61 Å². The third-order valence-electron chi connectivity index (χ3n) is 5.47. The molecule has 0 bridgehead atoms. The Bertz CT molecular complexity index is 915. The number of aromatic nitrogens is 2. The van der Waals surface area contributed by atoms with Crippen molar-refractivity contribution < 1.29 is 13.6 Å². The Hall–Kier alpha value is -2.20. The number of nitrogens with one attached hydrogen (secondary N) is 1. The largest absolute Gasteiger partial charge is 0.414 e. The lowest BCUT2D eigenvalue weighted by Gasteiger charge is -2.39. The minimum absolute atomic E-state index is 0.0173. The van der Waals surface area contributed by atoms with Crippen LogP contribution in [0.5, 0.6) is 0 Å². The number of ether oxygens (including phenoxy) is 1. The molecule has 11 heteroatoms. The van der Waals surface area contributed by atoms with Crippen LogP contribution in [0.25, 0.3) is 10.4 Å². The Morgan fingerprint density at radius 2 is 2.21 bits per heavy atom. The monoisotopic (exact) mass is 411 g/mol. The van der Waals surface area contributed by atoms with E-state index in [9.17, 15) is 14.0 Å². The van der Waals surface area contributed by atoms with Gasteiger partial charge in [-0.15, -0.1) is 0 Å². The van der Waals surface area contributed by atoms with Gasteiger partial charge in [-0.2, -0.15) is 0 Å². The Kier molecular flexibility index (Phi) is 6.05. The predicted molar refractivity (Wildman–Crippen MR) is 105 cm³/mol. The fraction of sp³-hybridized carbons (Fsp3) is 0.647. The Morgan fingerprint density at radius 3 is 2.75 bits per heavy atom. The summed E-state index contributed by atoms with van der Waals surface area (Å²) < 4.78 is 27.9. The molecule has 9 nitrogen and oxygen atoms in total. The van der Waals surface area contributed by atoms with Gasteiger partial charge in [-0.3, -0.25) is 14.3 Å². The van der Waals surface area contributed by atoms with E-state index in [2.05, 4.69) is 42.4 Å². The van der Waals surface area contributed by atoms with Gasteiger partial charge in [0, 0.05) is 29.3 Å². The van der Waals surface area contributed by atoms with Gasteiger partial charge in [0.05, 0.1) is 6.61 Å². The summed E-state index contributed by atoms with van der Waals surface area (Å²) in [4.78, 5) is 28.1. The number of halogens is 1. The quantitative estimate of drug-likeness (QED) is 0.334. The maximum atomic E-state index is 14.9. The molecule has 0 aliphatic carbocycles. The van der Waals surface area contributed by atoms with Crippen molar-refractivity contribution in [2.45, 2.75) is 63.3 Å². The lowest BCUT2D eigenvalue weighted by molar-refractivity contribution is -0.0833. The zero-order valence-corrected chi connectivity index (χ0v) is 17.7. The summed E-state index contributed by atoms with van der Waals surface area (Å²) in [6, 6.07) is 1.10.